The van der Waals surface area contributed by atoms with E-state index < -0.39 is 29.1 Å². The van der Waals surface area contributed by atoms with Crippen LogP contribution < -0.4 is 10.6 Å². The third-order valence-corrected chi connectivity index (χ3v) is 7.63. The molecule has 3 saturated heterocycles. The van der Waals surface area contributed by atoms with E-state index in [1.54, 1.807) is 29.2 Å². The summed E-state index contributed by atoms with van der Waals surface area (Å²) in [5.74, 6) is -2.16. The van der Waals surface area contributed by atoms with Gasteiger partial charge in [0, 0.05) is 19.7 Å². The van der Waals surface area contributed by atoms with Crippen LogP contribution in [0.3, 0.4) is 0 Å². The van der Waals surface area contributed by atoms with E-state index in [0.29, 0.717) is 49.5 Å². The normalized spacial score (nSPS) is 32.2. The first kappa shape index (κ1) is 24.0. The number of hydrogen-bond donors (Lipinski definition) is 3. The highest BCUT2D eigenvalue weighted by Gasteiger charge is 2.77. The van der Waals surface area contributed by atoms with Gasteiger partial charge in [-0.25, -0.2) is 0 Å². The highest BCUT2D eigenvalue weighted by Crippen LogP contribution is 2.63. The fourth-order valence-corrected chi connectivity index (χ4v) is 6.07. The molecule has 3 fully saturated rings. The van der Waals surface area contributed by atoms with Gasteiger partial charge >= 0.3 is 0 Å². The molecule has 2 bridgehead atoms. The van der Waals surface area contributed by atoms with Gasteiger partial charge in [0.15, 0.2) is 0 Å². The maximum atomic E-state index is 13.7. The lowest BCUT2D eigenvalue weighted by atomic mass is 9.66. The molecule has 1 spiro atoms. The predicted octanol–water partition coefficient (Wildman–Crippen LogP) is 2.34. The first-order valence-electron chi connectivity index (χ1n) is 11.7. The zero-order valence-corrected chi connectivity index (χ0v) is 19.9. The third-order valence-electron chi connectivity index (χ3n) is 7.30. The minimum atomic E-state index is -1.06. The fourth-order valence-electron chi connectivity index (χ4n) is 5.88. The monoisotopic (exact) mass is 477 g/mol. The van der Waals surface area contributed by atoms with Crippen molar-refractivity contribution in [2.45, 2.75) is 63.2 Å². The van der Waals surface area contributed by atoms with Crippen molar-refractivity contribution in [1.82, 2.24) is 10.2 Å². The number of ether oxygens (including phenoxy) is 1. The Kier molecular flexibility index (Phi) is 6.71. The summed E-state index contributed by atoms with van der Waals surface area (Å²) in [4.78, 5) is 42.1. The molecule has 4 rings (SSSR count). The summed E-state index contributed by atoms with van der Waals surface area (Å²) in [7, 11) is 0. The lowest BCUT2D eigenvalue weighted by Gasteiger charge is -2.33. The number of carbonyl (C=O) groups is 3. The number of unbranched alkanes of at least 4 members (excludes halogenated alkanes) is 1. The van der Waals surface area contributed by atoms with Crippen LogP contribution in [0, 0.1) is 11.8 Å². The average molecular weight is 478 g/mol. The number of para-hydroxylation sites is 1. The SMILES string of the molecule is CCCNC(=O)[C@H]1[C@H]2C(=O)N(CCCCO)C(C(=O)Nc3ccccc3Cl)C23CC[C@]1(C)O3. The van der Waals surface area contributed by atoms with Crippen molar-refractivity contribution in [1.29, 1.82) is 0 Å². The number of nitrogens with zero attached hydrogens (tertiary/aromatic N) is 1. The summed E-state index contributed by atoms with van der Waals surface area (Å²) < 4.78 is 6.53. The molecule has 3 heterocycles. The molecule has 1 aromatic rings. The van der Waals surface area contributed by atoms with E-state index in [4.69, 9.17) is 16.3 Å². The van der Waals surface area contributed by atoms with E-state index in [1.807, 2.05) is 13.8 Å². The van der Waals surface area contributed by atoms with Crippen LogP contribution in [0.15, 0.2) is 24.3 Å². The van der Waals surface area contributed by atoms with Crippen molar-refractivity contribution in [2.24, 2.45) is 11.8 Å². The molecular formula is C24H32ClN3O5. The van der Waals surface area contributed by atoms with Crippen molar-refractivity contribution >= 4 is 35.0 Å². The fraction of sp³-hybridized carbons (Fsp3) is 0.625. The van der Waals surface area contributed by atoms with Crippen LogP contribution in [0.5, 0.6) is 0 Å². The Morgan fingerprint density at radius 1 is 1.24 bits per heavy atom. The minimum absolute atomic E-state index is 0.00368. The van der Waals surface area contributed by atoms with Crippen LogP contribution in [0.1, 0.15) is 46.0 Å². The number of aliphatic hydroxyl groups is 1. The molecule has 3 aliphatic heterocycles. The molecular weight excluding hydrogens is 446 g/mol. The summed E-state index contributed by atoms with van der Waals surface area (Å²) in [6.45, 7) is 4.68. The molecule has 9 heteroatoms. The van der Waals surface area contributed by atoms with E-state index in [1.165, 1.54) is 0 Å². The van der Waals surface area contributed by atoms with Gasteiger partial charge < -0.3 is 25.4 Å². The molecule has 0 radical (unpaired) electrons. The zero-order valence-electron chi connectivity index (χ0n) is 19.1. The van der Waals surface area contributed by atoms with Crippen LogP contribution in [0.25, 0.3) is 0 Å². The van der Waals surface area contributed by atoms with Crippen LogP contribution >= 0.6 is 11.6 Å². The summed E-state index contributed by atoms with van der Waals surface area (Å²) in [6, 6.07) is 6.06. The van der Waals surface area contributed by atoms with Crippen LogP contribution in [0.2, 0.25) is 5.02 Å². The minimum Gasteiger partial charge on any atom is -0.396 e. The molecule has 3 aliphatic rings. The molecule has 0 aromatic heterocycles. The smallest absolute Gasteiger partial charge is 0.250 e. The lowest BCUT2D eigenvalue weighted by Crippen LogP contribution is -2.53. The Morgan fingerprint density at radius 3 is 2.70 bits per heavy atom. The Balaban J connectivity index is 1.69. The molecule has 2 unspecified atom stereocenters. The average Bonchev–Trinajstić information content (AvgIpc) is 3.35. The topological polar surface area (TPSA) is 108 Å². The van der Waals surface area contributed by atoms with E-state index in [9.17, 15) is 19.5 Å². The Hall–Kier alpha value is -2.16. The van der Waals surface area contributed by atoms with Gasteiger partial charge in [0.2, 0.25) is 17.7 Å². The van der Waals surface area contributed by atoms with Gasteiger partial charge in [-0.05, 0) is 51.2 Å². The Bertz CT molecular complexity index is 942. The van der Waals surface area contributed by atoms with Crippen molar-refractivity contribution in [3.8, 4) is 0 Å². The molecule has 0 saturated carbocycles. The van der Waals surface area contributed by atoms with Crippen molar-refractivity contribution < 1.29 is 24.2 Å². The van der Waals surface area contributed by atoms with Gasteiger partial charge in [-0.3, -0.25) is 14.4 Å². The van der Waals surface area contributed by atoms with E-state index in [2.05, 4.69) is 10.6 Å². The second kappa shape index (κ2) is 9.24. The first-order chi connectivity index (χ1) is 15.8. The maximum absolute atomic E-state index is 13.7. The number of amides is 3. The van der Waals surface area contributed by atoms with Crippen molar-refractivity contribution in [3.05, 3.63) is 29.3 Å². The zero-order chi connectivity index (χ0) is 23.8. The lowest BCUT2D eigenvalue weighted by molar-refractivity contribution is -0.144. The number of anilines is 1. The second-order valence-corrected chi connectivity index (χ2v) is 9.86. The van der Waals surface area contributed by atoms with Gasteiger partial charge in [-0.1, -0.05) is 30.7 Å². The van der Waals surface area contributed by atoms with Crippen LogP contribution in [-0.4, -0.2) is 64.7 Å². The predicted molar refractivity (Wildman–Crippen MR) is 124 cm³/mol. The number of aliphatic hydroxyl groups excluding tert-OH is 1. The van der Waals surface area contributed by atoms with E-state index >= 15 is 0 Å². The molecule has 3 N–H and O–H groups in total. The number of benzene rings is 1. The number of rotatable bonds is 9. The highest BCUT2D eigenvalue weighted by molar-refractivity contribution is 6.33. The summed E-state index contributed by atoms with van der Waals surface area (Å²) in [5.41, 5.74) is -1.40. The van der Waals surface area contributed by atoms with Gasteiger partial charge in [-0.15, -0.1) is 0 Å². The second-order valence-electron chi connectivity index (χ2n) is 9.45. The number of hydrogen-bond acceptors (Lipinski definition) is 5. The van der Waals surface area contributed by atoms with E-state index in [0.717, 1.165) is 6.42 Å². The largest absolute Gasteiger partial charge is 0.396 e. The molecule has 8 nitrogen and oxygen atoms in total. The summed E-state index contributed by atoms with van der Waals surface area (Å²) in [5, 5.41) is 15.4. The van der Waals surface area contributed by atoms with Crippen LogP contribution in [-0.2, 0) is 19.1 Å². The van der Waals surface area contributed by atoms with Crippen LogP contribution in [0.4, 0.5) is 5.69 Å². The Labute approximate surface area is 199 Å². The third kappa shape index (κ3) is 3.92. The molecule has 33 heavy (non-hydrogen) atoms. The number of nitrogens with one attached hydrogen (secondary N) is 2. The molecule has 180 valence electrons. The summed E-state index contributed by atoms with van der Waals surface area (Å²) in [6.07, 6.45) is 2.97. The Morgan fingerprint density at radius 2 is 2.00 bits per heavy atom. The van der Waals surface area contributed by atoms with Crippen molar-refractivity contribution in [2.75, 3.05) is 25.0 Å². The number of fused-ring (bicyclic) bond motifs is 1. The number of carbonyl (C=O) groups excluding carboxylic acids is 3. The summed E-state index contributed by atoms with van der Waals surface area (Å²) >= 11 is 6.26. The molecule has 5 atom stereocenters. The number of likely N-dealkylation sites (tertiary alicyclic amines) is 1. The van der Waals surface area contributed by atoms with Gasteiger partial charge in [0.1, 0.15) is 11.6 Å². The quantitative estimate of drug-likeness (QED) is 0.473. The molecule has 3 amide bonds. The first-order valence-corrected chi connectivity index (χ1v) is 12.1. The van der Waals surface area contributed by atoms with Gasteiger partial charge in [-0.2, -0.15) is 0 Å². The maximum Gasteiger partial charge on any atom is 0.250 e. The standard InChI is InChI=1S/C24H32ClN3O5/c1-3-12-26-20(30)17-18-22(32)28(13-6-7-14-29)19(24(18)11-10-23(17,2)33-24)21(31)27-16-9-5-4-8-15(16)25/h4-5,8-9,17-19,29H,3,6-7,10-14H2,1-2H3,(H,26,30)(H,27,31)/t17-,18+,19?,23+,24?/m1/s1. The number of halogens is 1. The van der Waals surface area contributed by atoms with E-state index in [-0.39, 0.29) is 24.3 Å². The van der Waals surface area contributed by atoms with Gasteiger partial charge in [0.05, 0.1) is 28.1 Å². The molecule has 0 aliphatic carbocycles. The highest BCUT2D eigenvalue weighted by atomic mass is 35.5. The molecule has 1 aromatic carbocycles. The van der Waals surface area contributed by atoms with Gasteiger partial charge in [0.25, 0.3) is 0 Å². The van der Waals surface area contributed by atoms with Crippen molar-refractivity contribution in [3.63, 3.8) is 0 Å².